The van der Waals surface area contributed by atoms with E-state index in [1.807, 2.05) is 6.07 Å². The molecule has 0 aliphatic carbocycles. The molecule has 6 N–H and O–H groups in total. The van der Waals surface area contributed by atoms with Crippen LogP contribution in [0, 0.1) is 0 Å². The number of hydrogen-bond donors (Lipinski definition) is 5. The number of carbonyl (C=O) groups excluding carboxylic acids is 2. The van der Waals surface area contributed by atoms with Crippen LogP contribution >= 0.6 is 0 Å². The van der Waals surface area contributed by atoms with E-state index in [4.69, 9.17) is 15.9 Å². The molecule has 0 spiro atoms. The minimum Gasteiger partial charge on any atom is -0.480 e. The Labute approximate surface area is 127 Å². The normalized spacial score (nSPS) is 13.0. The third-order valence-electron chi connectivity index (χ3n) is 2.86. The van der Waals surface area contributed by atoms with Crippen molar-refractivity contribution in [2.75, 3.05) is 13.2 Å². The van der Waals surface area contributed by atoms with Gasteiger partial charge in [0.2, 0.25) is 11.8 Å². The van der Waals surface area contributed by atoms with Crippen LogP contribution in [0.2, 0.25) is 0 Å². The minimum absolute atomic E-state index is 0.177. The van der Waals surface area contributed by atoms with Crippen molar-refractivity contribution in [3.8, 4) is 0 Å². The number of benzene rings is 1. The Bertz CT molecular complexity index is 520. The van der Waals surface area contributed by atoms with E-state index < -0.39 is 43.0 Å². The Morgan fingerprint density at radius 3 is 2.32 bits per heavy atom. The highest BCUT2D eigenvalue weighted by molar-refractivity contribution is 5.91. The Morgan fingerprint density at radius 1 is 1.14 bits per heavy atom. The molecule has 1 rings (SSSR count). The van der Waals surface area contributed by atoms with Gasteiger partial charge in [0.05, 0.1) is 6.61 Å². The van der Waals surface area contributed by atoms with E-state index in [0.717, 1.165) is 5.56 Å². The summed E-state index contributed by atoms with van der Waals surface area (Å²) in [7, 11) is 0. The third-order valence-corrected chi connectivity index (χ3v) is 2.86. The van der Waals surface area contributed by atoms with Gasteiger partial charge in [0.15, 0.2) is 0 Å². The summed E-state index contributed by atoms with van der Waals surface area (Å²) < 4.78 is 0. The molecule has 120 valence electrons. The Kier molecular flexibility index (Phi) is 7.00. The fourth-order valence-electron chi connectivity index (χ4n) is 1.71. The van der Waals surface area contributed by atoms with Crippen LogP contribution in [-0.4, -0.2) is 53.2 Å². The smallest absolute Gasteiger partial charge is 0.322 e. The van der Waals surface area contributed by atoms with Gasteiger partial charge in [-0.15, -0.1) is 0 Å². The number of rotatable bonds is 8. The highest BCUT2D eigenvalue weighted by atomic mass is 16.4. The lowest BCUT2D eigenvalue weighted by atomic mass is 10.0. The fraction of sp³-hybridized carbons (Fsp3) is 0.357. The topological polar surface area (TPSA) is 142 Å². The zero-order valence-electron chi connectivity index (χ0n) is 11.9. The molecule has 0 bridgehead atoms. The molecule has 0 saturated heterocycles. The summed E-state index contributed by atoms with van der Waals surface area (Å²) in [6, 6.07) is 6.79. The lowest BCUT2D eigenvalue weighted by Crippen LogP contribution is -2.53. The van der Waals surface area contributed by atoms with Crippen LogP contribution in [0.5, 0.6) is 0 Å². The third kappa shape index (κ3) is 5.90. The maximum atomic E-state index is 12.0. The van der Waals surface area contributed by atoms with Crippen molar-refractivity contribution in [2.45, 2.75) is 18.5 Å². The molecule has 22 heavy (non-hydrogen) atoms. The average molecular weight is 309 g/mol. The number of hydrogen-bond acceptors (Lipinski definition) is 5. The highest BCUT2D eigenvalue weighted by Crippen LogP contribution is 2.04. The van der Waals surface area contributed by atoms with Crippen molar-refractivity contribution >= 4 is 17.8 Å². The largest absolute Gasteiger partial charge is 0.480 e. The standard InChI is InChI=1S/C14H19N3O5/c15-10(8-18)13(21)17-11(14(22)16-7-12(19)20)6-9-4-2-1-3-5-9/h1-5,10-11,18H,6-8,15H2,(H,16,22)(H,17,21)(H,19,20)/t10-,11-/m0/s1. The summed E-state index contributed by atoms with van der Waals surface area (Å²) in [4.78, 5) is 34.2. The summed E-state index contributed by atoms with van der Waals surface area (Å²) in [5.74, 6) is -2.51. The van der Waals surface area contributed by atoms with E-state index in [1.54, 1.807) is 24.3 Å². The van der Waals surface area contributed by atoms with Crippen molar-refractivity contribution in [2.24, 2.45) is 5.73 Å². The summed E-state index contributed by atoms with van der Waals surface area (Å²) in [5.41, 5.74) is 6.18. The number of carboxylic acid groups (broad SMARTS) is 1. The Balaban J connectivity index is 2.77. The quantitative estimate of drug-likeness (QED) is 0.385. The predicted octanol–water partition coefficient (Wildman–Crippen LogP) is -1.77. The number of aliphatic carboxylic acids is 1. The zero-order valence-corrected chi connectivity index (χ0v) is 11.9. The van der Waals surface area contributed by atoms with Gasteiger partial charge < -0.3 is 26.6 Å². The summed E-state index contributed by atoms with van der Waals surface area (Å²) in [6.45, 7) is -1.10. The molecule has 2 amide bonds. The number of carboxylic acids is 1. The van der Waals surface area contributed by atoms with Gasteiger partial charge in [-0.2, -0.15) is 0 Å². The van der Waals surface area contributed by atoms with Crippen LogP contribution in [0.4, 0.5) is 0 Å². The van der Waals surface area contributed by atoms with Gasteiger partial charge in [-0.05, 0) is 5.56 Å². The van der Waals surface area contributed by atoms with Gasteiger partial charge in [-0.25, -0.2) is 0 Å². The second kappa shape index (κ2) is 8.75. The molecule has 8 heteroatoms. The van der Waals surface area contributed by atoms with Crippen LogP contribution in [0.1, 0.15) is 5.56 Å². The lowest BCUT2D eigenvalue weighted by Gasteiger charge is -2.19. The summed E-state index contributed by atoms with van der Waals surface area (Å²) in [6.07, 6.45) is 0.177. The van der Waals surface area contributed by atoms with Gasteiger partial charge in [0, 0.05) is 6.42 Å². The molecule has 0 radical (unpaired) electrons. The maximum absolute atomic E-state index is 12.0. The number of aliphatic hydroxyl groups is 1. The number of nitrogens with one attached hydrogen (secondary N) is 2. The van der Waals surface area contributed by atoms with Crippen molar-refractivity contribution < 1.29 is 24.6 Å². The number of amides is 2. The first-order valence-corrected chi connectivity index (χ1v) is 6.64. The van der Waals surface area contributed by atoms with E-state index in [0.29, 0.717) is 0 Å². The predicted molar refractivity (Wildman–Crippen MR) is 77.8 cm³/mol. The molecule has 0 unspecified atom stereocenters. The Hall–Kier alpha value is -2.45. The molecule has 8 nitrogen and oxygen atoms in total. The first-order valence-electron chi connectivity index (χ1n) is 6.64. The molecule has 1 aromatic carbocycles. The van der Waals surface area contributed by atoms with Crippen LogP contribution in [-0.2, 0) is 20.8 Å². The molecule has 0 aliphatic heterocycles. The van der Waals surface area contributed by atoms with E-state index in [2.05, 4.69) is 10.6 Å². The van der Waals surface area contributed by atoms with Gasteiger partial charge in [0.1, 0.15) is 18.6 Å². The van der Waals surface area contributed by atoms with Gasteiger partial charge >= 0.3 is 5.97 Å². The molecule has 0 heterocycles. The summed E-state index contributed by atoms with van der Waals surface area (Å²) >= 11 is 0. The molecule has 0 saturated carbocycles. The van der Waals surface area contributed by atoms with Crippen LogP contribution in [0.25, 0.3) is 0 Å². The molecule has 0 fully saturated rings. The van der Waals surface area contributed by atoms with Crippen molar-refractivity contribution in [1.29, 1.82) is 0 Å². The van der Waals surface area contributed by atoms with E-state index in [1.165, 1.54) is 0 Å². The number of aliphatic hydroxyl groups excluding tert-OH is 1. The molecule has 0 aromatic heterocycles. The average Bonchev–Trinajstić information content (AvgIpc) is 2.51. The first-order chi connectivity index (χ1) is 10.4. The molecule has 2 atom stereocenters. The maximum Gasteiger partial charge on any atom is 0.322 e. The first kappa shape index (κ1) is 17.6. The number of carbonyl (C=O) groups is 3. The van der Waals surface area contributed by atoms with Crippen LogP contribution < -0.4 is 16.4 Å². The fourth-order valence-corrected chi connectivity index (χ4v) is 1.71. The van der Waals surface area contributed by atoms with Crippen LogP contribution in [0.3, 0.4) is 0 Å². The molecule has 0 aliphatic rings. The lowest BCUT2D eigenvalue weighted by molar-refractivity contribution is -0.138. The molecule has 1 aromatic rings. The van der Waals surface area contributed by atoms with Gasteiger partial charge in [0.25, 0.3) is 0 Å². The molecular weight excluding hydrogens is 290 g/mol. The second-order valence-electron chi connectivity index (χ2n) is 4.65. The van der Waals surface area contributed by atoms with Crippen LogP contribution in [0.15, 0.2) is 30.3 Å². The van der Waals surface area contributed by atoms with Crippen molar-refractivity contribution in [1.82, 2.24) is 10.6 Å². The highest BCUT2D eigenvalue weighted by Gasteiger charge is 2.24. The minimum atomic E-state index is -1.19. The van der Waals surface area contributed by atoms with Crippen molar-refractivity contribution in [3.05, 3.63) is 35.9 Å². The van der Waals surface area contributed by atoms with Gasteiger partial charge in [-0.3, -0.25) is 14.4 Å². The van der Waals surface area contributed by atoms with E-state index >= 15 is 0 Å². The Morgan fingerprint density at radius 2 is 1.77 bits per heavy atom. The van der Waals surface area contributed by atoms with E-state index in [-0.39, 0.29) is 6.42 Å². The summed E-state index contributed by atoms with van der Waals surface area (Å²) in [5, 5.41) is 22.1. The SMILES string of the molecule is N[C@@H](CO)C(=O)N[C@@H](Cc1ccccc1)C(=O)NCC(=O)O. The number of nitrogens with two attached hydrogens (primary N) is 1. The van der Waals surface area contributed by atoms with Gasteiger partial charge in [-0.1, -0.05) is 30.3 Å². The van der Waals surface area contributed by atoms with Crippen molar-refractivity contribution in [3.63, 3.8) is 0 Å². The second-order valence-corrected chi connectivity index (χ2v) is 4.65. The zero-order chi connectivity index (χ0) is 16.5. The van der Waals surface area contributed by atoms with E-state index in [9.17, 15) is 14.4 Å². The monoisotopic (exact) mass is 309 g/mol. The molecular formula is C14H19N3O5.